The molecule has 18 heavy (non-hydrogen) atoms. The Bertz CT molecular complexity index is 516. The van der Waals surface area contributed by atoms with Crippen molar-refractivity contribution in [2.45, 2.75) is 25.7 Å². The minimum atomic E-state index is -4.96. The lowest BCUT2D eigenvalue weighted by molar-refractivity contribution is -0.0468. The Balaban J connectivity index is 2.74. The third-order valence-corrected chi connectivity index (χ3v) is 2.67. The van der Waals surface area contributed by atoms with Crippen LogP contribution in [-0.2, 0) is 15.8 Å². The van der Waals surface area contributed by atoms with Crippen LogP contribution in [0.1, 0.15) is 6.92 Å². The Morgan fingerprint density at radius 2 is 2.28 bits per heavy atom. The lowest BCUT2D eigenvalue weighted by atomic mass is 10.4. The molecule has 10 heteroatoms. The lowest BCUT2D eigenvalue weighted by Crippen LogP contribution is -2.31. The number of ether oxygens (including phenoxy) is 1. The molecule has 0 aliphatic rings. The Hall–Kier alpha value is -1.28. The van der Waals surface area contributed by atoms with Crippen LogP contribution in [-0.4, -0.2) is 31.5 Å². The molecule has 0 saturated carbocycles. The van der Waals surface area contributed by atoms with Crippen molar-refractivity contribution in [2.75, 3.05) is 5.73 Å². The van der Waals surface area contributed by atoms with Gasteiger partial charge in [-0.1, -0.05) is 0 Å². The number of halogens is 1. The van der Waals surface area contributed by atoms with E-state index in [4.69, 9.17) is 15.5 Å². The molecule has 1 heterocycles. The van der Waals surface area contributed by atoms with Crippen LogP contribution in [0.5, 0.6) is 0 Å². The molecule has 1 aromatic heterocycles. The molecule has 2 unspecified atom stereocenters. The maximum absolute atomic E-state index is 12.9. The van der Waals surface area contributed by atoms with E-state index in [1.807, 2.05) is 0 Å². The molecule has 2 atom stereocenters. The van der Waals surface area contributed by atoms with E-state index in [0.29, 0.717) is 0 Å². The first-order valence-corrected chi connectivity index (χ1v) is 6.56. The highest BCUT2D eigenvalue weighted by Crippen LogP contribution is 2.43. The fraction of sp³-hybridized carbons (Fsp3) is 0.500. The van der Waals surface area contributed by atoms with E-state index in [2.05, 4.69) is 9.72 Å². The van der Waals surface area contributed by atoms with Crippen molar-refractivity contribution in [2.24, 2.45) is 0 Å². The van der Waals surface area contributed by atoms with Gasteiger partial charge in [-0.2, -0.15) is 0 Å². The van der Waals surface area contributed by atoms with Crippen molar-refractivity contribution in [1.82, 2.24) is 9.55 Å². The van der Waals surface area contributed by atoms with Crippen molar-refractivity contribution < 1.29 is 23.5 Å². The predicted molar refractivity (Wildman–Crippen MR) is 60.4 cm³/mol. The van der Waals surface area contributed by atoms with Gasteiger partial charge in [-0.25, -0.2) is 14.2 Å². The molecule has 0 spiro atoms. The molecule has 0 aliphatic carbocycles. The lowest BCUT2D eigenvalue weighted by Gasteiger charge is -2.18. The molecule has 0 amide bonds. The summed E-state index contributed by atoms with van der Waals surface area (Å²) in [4.78, 5) is 31.8. The Morgan fingerprint density at radius 1 is 1.67 bits per heavy atom. The minimum absolute atomic E-state index is 0.0945. The average Bonchev–Trinajstić information content (AvgIpc) is 2.22. The maximum atomic E-state index is 12.9. The van der Waals surface area contributed by atoms with Crippen molar-refractivity contribution in [3.8, 4) is 0 Å². The van der Waals surface area contributed by atoms with Crippen molar-refractivity contribution >= 4 is 13.4 Å². The van der Waals surface area contributed by atoms with E-state index in [1.165, 1.54) is 19.2 Å². The summed E-state index contributed by atoms with van der Waals surface area (Å²) in [5.74, 6) is 0.0945. The third kappa shape index (κ3) is 3.88. The van der Waals surface area contributed by atoms with E-state index < -0.39 is 25.5 Å². The highest BCUT2D eigenvalue weighted by Gasteiger charge is 2.31. The molecule has 0 saturated heterocycles. The van der Waals surface area contributed by atoms with Gasteiger partial charge >= 0.3 is 19.4 Å². The van der Waals surface area contributed by atoms with Crippen LogP contribution in [0.4, 0.5) is 10.2 Å². The zero-order valence-electron chi connectivity index (χ0n) is 9.43. The molecular weight excluding hydrogens is 268 g/mol. The first-order chi connectivity index (χ1) is 8.21. The van der Waals surface area contributed by atoms with Crippen molar-refractivity contribution in [3.05, 3.63) is 22.7 Å². The van der Waals surface area contributed by atoms with Crippen LogP contribution >= 0.6 is 7.60 Å². The third-order valence-electron chi connectivity index (χ3n) is 2.02. The molecule has 8 nitrogen and oxygen atoms in total. The number of alkyl halides is 1. The normalized spacial score (nSPS) is 15.3. The number of rotatable bonds is 5. The summed E-state index contributed by atoms with van der Waals surface area (Å²) in [5.41, 5.74) is 4.85. The van der Waals surface area contributed by atoms with Gasteiger partial charge in [0.15, 0.2) is 0 Å². The number of aromatic nitrogens is 2. The predicted octanol–water partition coefficient (Wildman–Crippen LogP) is -0.339. The van der Waals surface area contributed by atoms with Crippen LogP contribution in [0, 0.1) is 0 Å². The maximum Gasteiger partial charge on any atom is 0.386 e. The topological polar surface area (TPSA) is 128 Å². The standard InChI is InChI=1S/C8H13FN3O5P/c1-5(17-7(9)18(14,15)16)4-12-6(10)2-3-11-8(12)13/h2-3,5,7H,4,10H2,1H3,(H2,14,15,16). The van der Waals surface area contributed by atoms with Crippen LogP contribution in [0.15, 0.2) is 17.1 Å². The van der Waals surface area contributed by atoms with Gasteiger partial charge in [0.1, 0.15) is 5.82 Å². The summed E-state index contributed by atoms with van der Waals surface area (Å²) in [6.07, 6.45) is -2.48. The van der Waals surface area contributed by atoms with Gasteiger partial charge in [0, 0.05) is 6.20 Å². The summed E-state index contributed by atoms with van der Waals surface area (Å²) >= 11 is 0. The average molecular weight is 281 g/mol. The van der Waals surface area contributed by atoms with Gasteiger partial charge in [0.05, 0.1) is 12.6 Å². The molecule has 1 aromatic rings. The highest BCUT2D eigenvalue weighted by molar-refractivity contribution is 7.52. The summed E-state index contributed by atoms with van der Waals surface area (Å²) in [6.45, 7) is 1.18. The highest BCUT2D eigenvalue weighted by atomic mass is 31.2. The van der Waals surface area contributed by atoms with Crippen molar-refractivity contribution in [3.63, 3.8) is 0 Å². The molecule has 0 bridgehead atoms. The quantitative estimate of drug-likeness (QED) is 0.630. The molecular formula is C8H13FN3O5P. The number of hydrogen-bond donors (Lipinski definition) is 3. The SMILES string of the molecule is CC(Cn1c(N)ccnc1=O)OC(F)P(=O)(O)O. The zero-order valence-corrected chi connectivity index (χ0v) is 10.3. The molecule has 1 rings (SSSR count). The largest absolute Gasteiger partial charge is 0.386 e. The Morgan fingerprint density at radius 3 is 2.78 bits per heavy atom. The van der Waals surface area contributed by atoms with Gasteiger partial charge in [-0.05, 0) is 13.0 Å². The second kappa shape index (κ2) is 5.57. The summed E-state index contributed by atoms with van der Waals surface area (Å²) in [7, 11) is -4.96. The molecule has 0 aliphatic heterocycles. The molecule has 0 aromatic carbocycles. The van der Waals surface area contributed by atoms with Gasteiger partial charge in [-0.15, -0.1) is 0 Å². The number of nitrogens with zero attached hydrogens (tertiary/aromatic N) is 2. The van der Waals surface area contributed by atoms with Crippen LogP contribution < -0.4 is 11.4 Å². The number of hydrogen-bond acceptors (Lipinski definition) is 5. The molecule has 0 fully saturated rings. The Kier molecular flexibility index (Phi) is 4.58. The Labute approximate surface area is 101 Å². The van der Waals surface area contributed by atoms with Gasteiger partial charge in [0.2, 0.25) is 0 Å². The molecule has 4 N–H and O–H groups in total. The fourth-order valence-corrected chi connectivity index (χ4v) is 1.57. The smallest absolute Gasteiger partial charge is 0.385 e. The number of nitrogen functional groups attached to an aromatic ring is 1. The summed E-state index contributed by atoms with van der Waals surface area (Å²) in [6, 6.07) is 1.37. The van der Waals surface area contributed by atoms with Crippen LogP contribution in [0.25, 0.3) is 0 Å². The minimum Gasteiger partial charge on any atom is -0.385 e. The number of anilines is 1. The van der Waals surface area contributed by atoms with E-state index in [-0.39, 0.29) is 12.4 Å². The zero-order chi connectivity index (χ0) is 13.9. The van der Waals surface area contributed by atoms with Crippen molar-refractivity contribution in [1.29, 1.82) is 0 Å². The van der Waals surface area contributed by atoms with E-state index in [1.54, 1.807) is 0 Å². The first-order valence-electron chi connectivity index (χ1n) is 4.88. The monoisotopic (exact) mass is 281 g/mol. The van der Waals surface area contributed by atoms with E-state index in [0.717, 1.165) is 4.57 Å². The summed E-state index contributed by atoms with van der Waals surface area (Å²) < 4.78 is 29.0. The van der Waals surface area contributed by atoms with Crippen LogP contribution in [0.2, 0.25) is 0 Å². The fourth-order valence-electron chi connectivity index (χ4n) is 1.20. The van der Waals surface area contributed by atoms with Gasteiger partial charge in [-0.3, -0.25) is 9.13 Å². The number of nitrogens with two attached hydrogens (primary N) is 1. The van der Waals surface area contributed by atoms with Gasteiger partial charge < -0.3 is 20.3 Å². The van der Waals surface area contributed by atoms with E-state index in [9.17, 15) is 13.8 Å². The second-order valence-corrected chi connectivity index (χ2v) is 5.17. The second-order valence-electron chi connectivity index (χ2n) is 3.59. The van der Waals surface area contributed by atoms with E-state index >= 15 is 0 Å². The van der Waals surface area contributed by atoms with Crippen LogP contribution in [0.3, 0.4) is 0 Å². The first kappa shape index (κ1) is 14.8. The summed E-state index contributed by atoms with van der Waals surface area (Å²) in [5, 5.41) is 0. The van der Waals surface area contributed by atoms with Gasteiger partial charge in [0.25, 0.3) is 0 Å². The molecule has 0 radical (unpaired) electrons. The molecule has 102 valence electrons.